The fraction of sp³-hybridized carbons (Fsp3) is 0.800. The van der Waals surface area contributed by atoms with Crippen molar-refractivity contribution in [3.63, 3.8) is 0 Å². The van der Waals surface area contributed by atoms with E-state index in [1.807, 2.05) is 13.8 Å². The van der Waals surface area contributed by atoms with Crippen molar-refractivity contribution in [2.45, 2.75) is 32.7 Å². The minimum absolute atomic E-state index is 0.0369. The van der Waals surface area contributed by atoms with E-state index in [1.54, 1.807) is 7.05 Å². The number of ketones is 1. The number of amides is 1. The van der Waals surface area contributed by atoms with Crippen LogP contribution >= 0.6 is 0 Å². The molecule has 0 aliphatic heterocycles. The lowest BCUT2D eigenvalue weighted by Gasteiger charge is -2.13. The van der Waals surface area contributed by atoms with Gasteiger partial charge in [-0.3, -0.25) is 19.8 Å². The number of hydrogen-bond donors (Lipinski definition) is 4. The number of hydrogen-bond acceptors (Lipinski definition) is 7. The van der Waals surface area contributed by atoms with Crippen molar-refractivity contribution in [1.29, 1.82) is 0 Å². The van der Waals surface area contributed by atoms with Crippen LogP contribution in [0.1, 0.15) is 26.7 Å². The first-order valence-corrected chi connectivity index (χ1v) is 7.98. The monoisotopic (exact) mass is 347 g/mol. The summed E-state index contributed by atoms with van der Waals surface area (Å²) in [6, 6.07) is -0.817. The molecule has 4 N–H and O–H groups in total. The second-order valence-corrected chi connectivity index (χ2v) is 5.46. The Morgan fingerprint density at radius 2 is 1.75 bits per heavy atom. The zero-order chi connectivity index (χ0) is 18.4. The third-order valence-corrected chi connectivity index (χ3v) is 3.11. The van der Waals surface area contributed by atoms with Gasteiger partial charge in [-0.1, -0.05) is 13.8 Å². The van der Waals surface area contributed by atoms with Crippen LogP contribution in [0.25, 0.3) is 0 Å². The molecule has 0 unspecified atom stereocenters. The van der Waals surface area contributed by atoms with Crippen LogP contribution in [0.15, 0.2) is 0 Å². The third-order valence-electron chi connectivity index (χ3n) is 3.11. The van der Waals surface area contributed by atoms with Gasteiger partial charge in [0.2, 0.25) is 5.91 Å². The van der Waals surface area contributed by atoms with E-state index in [2.05, 4.69) is 16.2 Å². The molecule has 9 nitrogen and oxygen atoms in total. The molecule has 0 saturated heterocycles. The van der Waals surface area contributed by atoms with Gasteiger partial charge in [0.15, 0.2) is 5.78 Å². The first-order chi connectivity index (χ1) is 11.4. The molecule has 0 fully saturated rings. The Morgan fingerprint density at radius 3 is 2.33 bits per heavy atom. The number of ether oxygens (including phenoxy) is 2. The van der Waals surface area contributed by atoms with Crippen LogP contribution in [-0.4, -0.2) is 68.8 Å². The van der Waals surface area contributed by atoms with Gasteiger partial charge in [0.1, 0.15) is 12.6 Å². The molecule has 0 aromatic rings. The van der Waals surface area contributed by atoms with E-state index >= 15 is 0 Å². The summed E-state index contributed by atoms with van der Waals surface area (Å²) >= 11 is 0. The largest absolute Gasteiger partial charge is 0.480 e. The number of nitrogens with one attached hydrogen (secondary N) is 3. The minimum Gasteiger partial charge on any atom is -0.480 e. The van der Waals surface area contributed by atoms with Gasteiger partial charge in [-0.2, -0.15) is 0 Å². The number of hydrazine groups is 1. The quantitative estimate of drug-likeness (QED) is 0.227. The summed E-state index contributed by atoms with van der Waals surface area (Å²) in [6.45, 7) is 5.04. The fourth-order valence-corrected chi connectivity index (χ4v) is 1.62. The van der Waals surface area contributed by atoms with Crippen molar-refractivity contribution in [1.82, 2.24) is 16.2 Å². The van der Waals surface area contributed by atoms with Gasteiger partial charge in [0.05, 0.1) is 19.8 Å². The molecule has 0 aromatic heterocycles. The van der Waals surface area contributed by atoms with E-state index in [0.717, 1.165) is 0 Å². The van der Waals surface area contributed by atoms with Crippen LogP contribution < -0.4 is 16.2 Å². The van der Waals surface area contributed by atoms with Crippen molar-refractivity contribution in [2.24, 2.45) is 5.92 Å². The SMILES string of the molecule is CNN[C@@H](CCC(=O)NCCOCCOCC(=O)C(C)C)C(=O)O. The van der Waals surface area contributed by atoms with E-state index in [1.165, 1.54) is 0 Å². The van der Waals surface area contributed by atoms with Gasteiger partial charge in [-0.15, -0.1) is 0 Å². The lowest BCUT2D eigenvalue weighted by atomic mass is 10.1. The van der Waals surface area contributed by atoms with Gasteiger partial charge in [-0.25, -0.2) is 5.43 Å². The molecule has 0 heterocycles. The molecule has 140 valence electrons. The van der Waals surface area contributed by atoms with Crippen molar-refractivity contribution in [3.8, 4) is 0 Å². The molecule has 0 spiro atoms. The topological polar surface area (TPSA) is 126 Å². The first-order valence-electron chi connectivity index (χ1n) is 7.98. The highest BCUT2D eigenvalue weighted by Gasteiger charge is 2.17. The van der Waals surface area contributed by atoms with E-state index in [9.17, 15) is 14.4 Å². The number of carbonyl (C=O) groups excluding carboxylic acids is 2. The van der Waals surface area contributed by atoms with Crippen molar-refractivity contribution in [3.05, 3.63) is 0 Å². The Morgan fingerprint density at radius 1 is 1.08 bits per heavy atom. The summed E-state index contributed by atoms with van der Waals surface area (Å²) in [6.07, 6.45) is 0.284. The molecular weight excluding hydrogens is 318 g/mol. The number of carboxylic acids is 1. The van der Waals surface area contributed by atoms with E-state index in [-0.39, 0.29) is 37.1 Å². The maximum atomic E-state index is 11.6. The second kappa shape index (κ2) is 13.8. The van der Waals surface area contributed by atoms with Crippen LogP contribution in [0.5, 0.6) is 0 Å². The minimum atomic E-state index is -1.02. The summed E-state index contributed by atoms with van der Waals surface area (Å²) in [5.41, 5.74) is 5.10. The molecule has 24 heavy (non-hydrogen) atoms. The van der Waals surface area contributed by atoms with Gasteiger partial charge >= 0.3 is 5.97 Å². The number of carboxylic acid groups (broad SMARTS) is 1. The number of Topliss-reactive ketones (excluding diaryl/α,β-unsaturated/α-hetero) is 1. The average Bonchev–Trinajstić information content (AvgIpc) is 2.53. The van der Waals surface area contributed by atoms with Crippen LogP contribution in [0.4, 0.5) is 0 Å². The molecule has 0 aliphatic rings. The van der Waals surface area contributed by atoms with Crippen molar-refractivity contribution in [2.75, 3.05) is 40.0 Å². The summed E-state index contributed by atoms with van der Waals surface area (Å²) in [4.78, 5) is 33.7. The Balaban J connectivity index is 3.55. The van der Waals surface area contributed by atoms with Gasteiger partial charge < -0.3 is 19.9 Å². The summed E-state index contributed by atoms with van der Waals surface area (Å²) in [7, 11) is 1.57. The van der Waals surface area contributed by atoms with Crippen LogP contribution in [0.3, 0.4) is 0 Å². The van der Waals surface area contributed by atoms with Crippen molar-refractivity contribution < 1.29 is 29.0 Å². The lowest BCUT2D eigenvalue weighted by molar-refractivity contribution is -0.140. The molecule has 0 rings (SSSR count). The smallest absolute Gasteiger partial charge is 0.322 e. The molecule has 0 aliphatic carbocycles. The van der Waals surface area contributed by atoms with E-state index in [4.69, 9.17) is 14.6 Å². The molecule has 9 heteroatoms. The molecule has 1 atom stereocenters. The highest BCUT2D eigenvalue weighted by molar-refractivity contribution is 5.81. The first kappa shape index (κ1) is 22.4. The predicted octanol–water partition coefficient (Wildman–Crippen LogP) is -0.682. The Labute approximate surface area is 142 Å². The molecular formula is C15H29N3O6. The Kier molecular flexibility index (Phi) is 13.0. The predicted molar refractivity (Wildman–Crippen MR) is 87.3 cm³/mol. The summed E-state index contributed by atoms with van der Waals surface area (Å²) in [5, 5.41) is 11.6. The van der Waals surface area contributed by atoms with E-state index < -0.39 is 12.0 Å². The summed E-state index contributed by atoms with van der Waals surface area (Å²) < 4.78 is 10.4. The maximum Gasteiger partial charge on any atom is 0.322 e. The molecule has 0 radical (unpaired) electrons. The van der Waals surface area contributed by atoms with Crippen LogP contribution in [-0.2, 0) is 23.9 Å². The van der Waals surface area contributed by atoms with Gasteiger partial charge in [0, 0.05) is 18.9 Å². The Bertz CT molecular complexity index is 389. The van der Waals surface area contributed by atoms with Gasteiger partial charge in [0.25, 0.3) is 0 Å². The van der Waals surface area contributed by atoms with Crippen molar-refractivity contribution >= 4 is 17.7 Å². The van der Waals surface area contributed by atoms with Crippen LogP contribution in [0.2, 0.25) is 0 Å². The number of aliphatic carboxylic acids is 1. The average molecular weight is 347 g/mol. The molecule has 0 saturated carbocycles. The molecule has 1 amide bonds. The third kappa shape index (κ3) is 11.9. The number of carbonyl (C=O) groups is 3. The normalized spacial score (nSPS) is 12.2. The second-order valence-electron chi connectivity index (χ2n) is 5.46. The molecule has 0 aromatic carbocycles. The fourth-order valence-electron chi connectivity index (χ4n) is 1.62. The summed E-state index contributed by atoms with van der Waals surface area (Å²) in [5.74, 6) is -1.24. The van der Waals surface area contributed by atoms with Gasteiger partial charge in [-0.05, 0) is 13.5 Å². The number of rotatable bonds is 15. The highest BCUT2D eigenvalue weighted by atomic mass is 16.5. The maximum absolute atomic E-state index is 11.6. The highest BCUT2D eigenvalue weighted by Crippen LogP contribution is 1.97. The van der Waals surface area contributed by atoms with Crippen LogP contribution in [0, 0.1) is 5.92 Å². The Hall–Kier alpha value is -1.55. The standard InChI is InChI=1S/C15H29N3O6/c1-11(2)13(19)10-24-9-8-23-7-6-17-14(20)5-4-12(15(21)22)18-16-3/h11-12,16,18H,4-10H2,1-3H3,(H,17,20)(H,21,22)/t12-/m0/s1. The zero-order valence-electron chi connectivity index (χ0n) is 14.6. The zero-order valence-corrected chi connectivity index (χ0v) is 14.6. The lowest BCUT2D eigenvalue weighted by Crippen LogP contribution is -2.44. The molecule has 0 bridgehead atoms. The van der Waals surface area contributed by atoms with E-state index in [0.29, 0.717) is 26.4 Å².